The zero-order chi connectivity index (χ0) is 18.0. The molecule has 0 aliphatic carbocycles. The number of aryl methyl sites for hydroxylation is 2. The summed E-state index contributed by atoms with van der Waals surface area (Å²) in [5.41, 5.74) is 2.27. The van der Waals surface area contributed by atoms with Gasteiger partial charge in [-0.15, -0.1) is 10.2 Å². The summed E-state index contributed by atoms with van der Waals surface area (Å²) in [7, 11) is -1.02. The molecule has 0 saturated carbocycles. The predicted molar refractivity (Wildman–Crippen MR) is 99.1 cm³/mol. The van der Waals surface area contributed by atoms with Crippen LogP contribution in [0.5, 0.6) is 5.75 Å². The fourth-order valence-corrected chi connectivity index (χ4v) is 5.58. The first-order chi connectivity index (χ1) is 11.9. The SMILES string of the molecule is Cc1cccc(C)c1OCCSc1nnc([C@@H]2CCS(=O)(=O)C2)n1C. The summed E-state index contributed by atoms with van der Waals surface area (Å²) >= 11 is 1.57. The number of thioether (sulfide) groups is 1. The van der Waals surface area contributed by atoms with Crippen LogP contribution < -0.4 is 4.74 Å². The van der Waals surface area contributed by atoms with Crippen LogP contribution in [-0.4, -0.2) is 47.0 Å². The van der Waals surface area contributed by atoms with E-state index in [4.69, 9.17) is 4.74 Å². The molecule has 1 aromatic carbocycles. The highest BCUT2D eigenvalue weighted by atomic mass is 32.2. The second-order valence-corrected chi connectivity index (χ2v) is 9.71. The van der Waals surface area contributed by atoms with Crippen LogP contribution in [0.25, 0.3) is 0 Å². The van der Waals surface area contributed by atoms with E-state index in [-0.39, 0.29) is 17.4 Å². The fourth-order valence-electron chi connectivity index (χ4n) is 3.11. The Morgan fingerprint density at radius 2 is 2.00 bits per heavy atom. The third kappa shape index (κ3) is 4.17. The van der Waals surface area contributed by atoms with Crippen LogP contribution in [0, 0.1) is 13.8 Å². The van der Waals surface area contributed by atoms with Crippen molar-refractivity contribution in [1.29, 1.82) is 0 Å². The Balaban J connectivity index is 1.56. The van der Waals surface area contributed by atoms with Crippen molar-refractivity contribution < 1.29 is 13.2 Å². The van der Waals surface area contributed by atoms with E-state index in [1.807, 2.05) is 43.7 Å². The number of aromatic nitrogens is 3. The third-order valence-corrected chi connectivity index (χ3v) is 7.19. The Hall–Kier alpha value is -1.54. The van der Waals surface area contributed by atoms with Crippen LogP contribution in [0.4, 0.5) is 0 Å². The summed E-state index contributed by atoms with van der Waals surface area (Å²) in [6.07, 6.45) is 0.634. The first-order valence-electron chi connectivity index (χ1n) is 8.29. The monoisotopic (exact) mass is 381 g/mol. The van der Waals surface area contributed by atoms with Gasteiger partial charge in [0.05, 0.1) is 18.1 Å². The molecule has 1 aromatic heterocycles. The summed E-state index contributed by atoms with van der Waals surface area (Å²) in [5, 5.41) is 9.22. The number of ether oxygens (including phenoxy) is 1. The number of hydrogen-bond donors (Lipinski definition) is 0. The zero-order valence-corrected chi connectivity index (χ0v) is 16.4. The highest BCUT2D eigenvalue weighted by Gasteiger charge is 2.32. The van der Waals surface area contributed by atoms with Gasteiger partial charge in [-0.25, -0.2) is 8.42 Å². The van der Waals surface area contributed by atoms with Gasteiger partial charge in [0, 0.05) is 18.7 Å². The van der Waals surface area contributed by atoms with Crippen molar-refractivity contribution in [2.45, 2.75) is 31.3 Å². The molecule has 0 radical (unpaired) electrons. The van der Waals surface area contributed by atoms with Crippen LogP contribution in [0.2, 0.25) is 0 Å². The molecule has 6 nitrogen and oxygen atoms in total. The number of benzene rings is 1. The van der Waals surface area contributed by atoms with Crippen molar-refractivity contribution in [3.05, 3.63) is 35.2 Å². The van der Waals surface area contributed by atoms with Gasteiger partial charge in [-0.05, 0) is 31.4 Å². The zero-order valence-electron chi connectivity index (χ0n) is 14.7. The first kappa shape index (κ1) is 18.3. The molecule has 0 amide bonds. The minimum atomic E-state index is -2.92. The molecule has 1 fully saturated rings. The van der Waals surface area contributed by atoms with E-state index in [2.05, 4.69) is 10.2 Å². The van der Waals surface area contributed by atoms with Gasteiger partial charge in [-0.2, -0.15) is 0 Å². The number of nitrogens with zero attached hydrogens (tertiary/aromatic N) is 3. The number of sulfone groups is 1. The summed E-state index contributed by atoms with van der Waals surface area (Å²) in [6, 6.07) is 6.11. The molecule has 1 atom stereocenters. The molecule has 0 unspecified atom stereocenters. The number of hydrogen-bond acceptors (Lipinski definition) is 6. The van der Waals surface area contributed by atoms with Crippen molar-refractivity contribution in [3.8, 4) is 5.75 Å². The first-order valence-corrected chi connectivity index (χ1v) is 11.1. The Morgan fingerprint density at radius 3 is 2.64 bits per heavy atom. The molecule has 1 aliphatic rings. The van der Waals surface area contributed by atoms with Crippen molar-refractivity contribution in [2.75, 3.05) is 23.9 Å². The molecule has 3 rings (SSSR count). The van der Waals surface area contributed by atoms with E-state index in [1.54, 1.807) is 11.8 Å². The highest BCUT2D eigenvalue weighted by Crippen LogP contribution is 2.29. The standard InChI is InChI=1S/C17H23N3O3S2/c1-12-5-4-6-13(2)15(12)23-8-9-24-17-19-18-16(20(17)3)14-7-10-25(21,22)11-14/h4-6,14H,7-11H2,1-3H3/t14-/m1/s1. The Kier molecular flexibility index (Phi) is 5.38. The van der Waals surface area contributed by atoms with Gasteiger partial charge in [-0.3, -0.25) is 0 Å². The Morgan fingerprint density at radius 1 is 1.28 bits per heavy atom. The van der Waals surface area contributed by atoms with Crippen LogP contribution in [-0.2, 0) is 16.9 Å². The van der Waals surface area contributed by atoms with E-state index in [0.29, 0.717) is 13.0 Å². The average Bonchev–Trinajstić information content (AvgIpc) is 3.08. The van der Waals surface area contributed by atoms with Crippen molar-refractivity contribution >= 4 is 21.6 Å². The largest absolute Gasteiger partial charge is 0.492 e. The summed E-state index contributed by atoms with van der Waals surface area (Å²) in [5.74, 6) is 2.85. The van der Waals surface area contributed by atoms with Crippen molar-refractivity contribution in [1.82, 2.24) is 14.8 Å². The van der Waals surface area contributed by atoms with Gasteiger partial charge < -0.3 is 9.30 Å². The smallest absolute Gasteiger partial charge is 0.191 e. The lowest BCUT2D eigenvalue weighted by Crippen LogP contribution is -2.09. The van der Waals surface area contributed by atoms with Crippen LogP contribution in [0.15, 0.2) is 23.4 Å². The minimum absolute atomic E-state index is 0.0392. The molecule has 8 heteroatoms. The van der Waals surface area contributed by atoms with Crippen LogP contribution >= 0.6 is 11.8 Å². The summed E-state index contributed by atoms with van der Waals surface area (Å²) < 4.78 is 31.1. The maximum atomic E-state index is 11.7. The van der Waals surface area contributed by atoms with Crippen molar-refractivity contribution in [2.24, 2.45) is 7.05 Å². The fraction of sp³-hybridized carbons (Fsp3) is 0.529. The summed E-state index contributed by atoms with van der Waals surface area (Å²) in [6.45, 7) is 4.66. The molecular weight excluding hydrogens is 358 g/mol. The van der Waals surface area contributed by atoms with Crippen LogP contribution in [0.3, 0.4) is 0 Å². The van der Waals surface area contributed by atoms with Gasteiger partial charge in [-0.1, -0.05) is 30.0 Å². The quantitative estimate of drug-likeness (QED) is 0.565. The molecule has 1 saturated heterocycles. The second kappa shape index (κ2) is 7.37. The molecule has 1 aliphatic heterocycles. The van der Waals surface area contributed by atoms with Gasteiger partial charge in [0.2, 0.25) is 0 Å². The topological polar surface area (TPSA) is 74.1 Å². The molecular formula is C17H23N3O3S2. The van der Waals surface area contributed by atoms with E-state index in [9.17, 15) is 8.42 Å². The Bertz CT molecular complexity index is 842. The predicted octanol–water partition coefficient (Wildman–Crippen LogP) is 2.51. The Labute approximate surface area is 152 Å². The lowest BCUT2D eigenvalue weighted by atomic mass is 10.1. The number of rotatable bonds is 6. The number of para-hydroxylation sites is 1. The van der Waals surface area contributed by atoms with Gasteiger partial charge in [0.15, 0.2) is 15.0 Å². The van der Waals surface area contributed by atoms with Gasteiger partial charge >= 0.3 is 0 Å². The molecule has 136 valence electrons. The molecule has 0 spiro atoms. The average molecular weight is 382 g/mol. The molecule has 25 heavy (non-hydrogen) atoms. The third-order valence-electron chi connectivity index (χ3n) is 4.44. The van der Waals surface area contributed by atoms with Crippen LogP contribution in [0.1, 0.15) is 29.3 Å². The lowest BCUT2D eigenvalue weighted by molar-refractivity contribution is 0.339. The van der Waals surface area contributed by atoms with Gasteiger partial charge in [0.25, 0.3) is 0 Å². The van der Waals surface area contributed by atoms with E-state index >= 15 is 0 Å². The maximum absolute atomic E-state index is 11.7. The molecule has 0 N–H and O–H groups in total. The van der Waals surface area contributed by atoms with Crippen molar-refractivity contribution in [3.63, 3.8) is 0 Å². The van der Waals surface area contributed by atoms with E-state index in [0.717, 1.165) is 33.6 Å². The maximum Gasteiger partial charge on any atom is 0.191 e. The van der Waals surface area contributed by atoms with E-state index in [1.165, 1.54) is 0 Å². The van der Waals surface area contributed by atoms with E-state index < -0.39 is 9.84 Å². The minimum Gasteiger partial charge on any atom is -0.492 e. The summed E-state index contributed by atoms with van der Waals surface area (Å²) in [4.78, 5) is 0. The molecule has 0 bridgehead atoms. The normalized spacial score (nSPS) is 19.2. The lowest BCUT2D eigenvalue weighted by Gasteiger charge is -2.11. The van der Waals surface area contributed by atoms with Gasteiger partial charge in [0.1, 0.15) is 11.6 Å². The molecule has 2 heterocycles. The highest BCUT2D eigenvalue weighted by molar-refractivity contribution is 7.99. The molecule has 2 aromatic rings. The second-order valence-electron chi connectivity index (χ2n) is 6.42.